The predicted octanol–water partition coefficient (Wildman–Crippen LogP) is 1.87. The van der Waals surface area contributed by atoms with Crippen LogP contribution in [0.2, 0.25) is 0 Å². The molecule has 0 aliphatic rings. The number of carboxylic acids is 1. The molecule has 0 spiro atoms. The second kappa shape index (κ2) is 8.97. The Bertz CT molecular complexity index is 848. The van der Waals surface area contributed by atoms with Crippen LogP contribution < -0.4 is 15.5 Å². The van der Waals surface area contributed by atoms with Crippen molar-refractivity contribution in [2.75, 3.05) is 11.9 Å². The fraction of sp³-hybridized carbons (Fsp3) is 0.111. The Morgan fingerprint density at radius 3 is 2.50 bits per heavy atom. The number of nitrogens with one attached hydrogen (secondary N) is 2. The molecule has 2 amide bonds. The van der Waals surface area contributed by atoms with Crippen LogP contribution in [0.25, 0.3) is 0 Å². The van der Waals surface area contributed by atoms with E-state index in [4.69, 9.17) is 9.84 Å². The highest BCUT2D eigenvalue weighted by Gasteiger charge is 2.15. The van der Waals surface area contributed by atoms with Gasteiger partial charge < -0.3 is 15.2 Å². The normalized spacial score (nSPS) is 10.3. The van der Waals surface area contributed by atoms with Gasteiger partial charge in [-0.3, -0.25) is 9.59 Å². The lowest BCUT2D eigenvalue weighted by Gasteiger charge is -2.10. The second-order valence-electron chi connectivity index (χ2n) is 4.97. The van der Waals surface area contributed by atoms with Crippen LogP contribution in [0, 0.1) is 0 Å². The van der Waals surface area contributed by atoms with Gasteiger partial charge in [0.1, 0.15) is 5.75 Å². The van der Waals surface area contributed by atoms with Gasteiger partial charge in [-0.1, -0.05) is 30.3 Å². The minimum Gasteiger partial charge on any atom is -0.492 e. The smallest absolute Gasteiger partial charge is 0.336 e. The highest BCUT2D eigenvalue weighted by Crippen LogP contribution is 2.23. The summed E-state index contributed by atoms with van der Waals surface area (Å²) in [5, 5.41) is 15.1. The average molecular weight is 355 g/mol. The third-order valence-corrected chi connectivity index (χ3v) is 3.20. The maximum Gasteiger partial charge on any atom is 0.336 e. The summed E-state index contributed by atoms with van der Waals surface area (Å²) < 4.78 is 5.36. The summed E-state index contributed by atoms with van der Waals surface area (Å²) in [6.45, 7) is 2.21. The number of nitrogens with zero attached hydrogens (tertiary/aromatic N) is 1. The standard InChI is InChI=1S/C18H17N3O5/c1-2-26-15-10-6-5-9-14(15)20-16(22)17(23)21-19-11-12-7-3-4-8-13(12)18(24)25/h3-11H,2H2,1H3,(H,20,22)(H,21,23)(H,24,25)/b19-11-. The molecule has 0 atom stereocenters. The lowest BCUT2D eigenvalue weighted by atomic mass is 10.1. The molecule has 2 rings (SSSR count). The van der Waals surface area contributed by atoms with Crippen molar-refractivity contribution >= 4 is 29.7 Å². The SMILES string of the molecule is CCOc1ccccc1NC(=O)C(=O)N/N=C\c1ccccc1C(=O)O. The first-order valence-corrected chi connectivity index (χ1v) is 7.71. The zero-order chi connectivity index (χ0) is 18.9. The van der Waals surface area contributed by atoms with E-state index in [0.717, 1.165) is 6.21 Å². The number of hydrogen-bond donors (Lipinski definition) is 3. The molecule has 8 heteroatoms. The number of hydrogen-bond acceptors (Lipinski definition) is 5. The number of aromatic carboxylic acids is 1. The van der Waals surface area contributed by atoms with Crippen LogP contribution in [0.15, 0.2) is 53.6 Å². The quantitative estimate of drug-likeness (QED) is 0.415. The zero-order valence-electron chi connectivity index (χ0n) is 13.9. The van der Waals surface area contributed by atoms with Crippen molar-refractivity contribution in [3.05, 3.63) is 59.7 Å². The predicted molar refractivity (Wildman–Crippen MR) is 95.4 cm³/mol. The molecule has 8 nitrogen and oxygen atoms in total. The maximum atomic E-state index is 11.9. The van der Waals surface area contributed by atoms with Crippen LogP contribution in [0.3, 0.4) is 0 Å². The molecule has 2 aromatic carbocycles. The summed E-state index contributed by atoms with van der Waals surface area (Å²) in [6, 6.07) is 12.8. The number of ether oxygens (including phenoxy) is 1. The lowest BCUT2D eigenvalue weighted by molar-refractivity contribution is -0.136. The number of carboxylic acid groups (broad SMARTS) is 1. The highest BCUT2D eigenvalue weighted by molar-refractivity contribution is 6.39. The van der Waals surface area contributed by atoms with E-state index in [1.807, 2.05) is 0 Å². The van der Waals surface area contributed by atoms with Crippen LogP contribution in [0.1, 0.15) is 22.8 Å². The Labute approximate surface area is 149 Å². The highest BCUT2D eigenvalue weighted by atomic mass is 16.5. The fourth-order valence-corrected chi connectivity index (χ4v) is 2.05. The fourth-order valence-electron chi connectivity index (χ4n) is 2.05. The van der Waals surface area contributed by atoms with Crippen LogP contribution in [-0.4, -0.2) is 35.7 Å². The molecular formula is C18H17N3O5. The van der Waals surface area contributed by atoms with Gasteiger partial charge in [0.05, 0.1) is 24.1 Å². The van der Waals surface area contributed by atoms with E-state index in [2.05, 4.69) is 15.8 Å². The van der Waals surface area contributed by atoms with Gasteiger partial charge in [-0.15, -0.1) is 0 Å². The van der Waals surface area contributed by atoms with Gasteiger partial charge in [0.15, 0.2) is 0 Å². The van der Waals surface area contributed by atoms with Crippen LogP contribution in [-0.2, 0) is 9.59 Å². The first-order chi connectivity index (χ1) is 12.5. The Morgan fingerprint density at radius 2 is 1.77 bits per heavy atom. The summed E-state index contributed by atoms with van der Waals surface area (Å²) in [7, 11) is 0. The van der Waals surface area contributed by atoms with Crippen molar-refractivity contribution in [2.24, 2.45) is 5.10 Å². The van der Waals surface area contributed by atoms with E-state index < -0.39 is 17.8 Å². The molecule has 2 aromatic rings. The van der Waals surface area contributed by atoms with Gasteiger partial charge in [-0.25, -0.2) is 10.2 Å². The van der Waals surface area contributed by atoms with E-state index >= 15 is 0 Å². The summed E-state index contributed by atoms with van der Waals surface area (Å²) in [6.07, 6.45) is 1.16. The Morgan fingerprint density at radius 1 is 1.08 bits per heavy atom. The van der Waals surface area contributed by atoms with Gasteiger partial charge in [-0.2, -0.15) is 5.10 Å². The van der Waals surface area contributed by atoms with Crippen molar-refractivity contribution in [2.45, 2.75) is 6.92 Å². The number of amides is 2. The summed E-state index contributed by atoms with van der Waals surface area (Å²) in [5.74, 6) is -2.61. The molecule has 0 aliphatic heterocycles. The van der Waals surface area contributed by atoms with E-state index in [0.29, 0.717) is 23.6 Å². The summed E-state index contributed by atoms with van der Waals surface area (Å²) >= 11 is 0. The molecule has 0 heterocycles. The van der Waals surface area contributed by atoms with Crippen LogP contribution in [0.5, 0.6) is 5.75 Å². The molecule has 0 aliphatic carbocycles. The Balaban J connectivity index is 2.00. The zero-order valence-corrected chi connectivity index (χ0v) is 13.9. The van der Waals surface area contributed by atoms with Crippen molar-refractivity contribution in [1.82, 2.24) is 5.43 Å². The third-order valence-electron chi connectivity index (χ3n) is 3.20. The molecule has 0 aromatic heterocycles. The summed E-state index contributed by atoms with van der Waals surface area (Å²) in [5.41, 5.74) is 2.73. The van der Waals surface area contributed by atoms with Crippen LogP contribution in [0.4, 0.5) is 5.69 Å². The monoisotopic (exact) mass is 355 g/mol. The van der Waals surface area contributed by atoms with Gasteiger partial charge >= 0.3 is 17.8 Å². The third kappa shape index (κ3) is 4.91. The Kier molecular flexibility index (Phi) is 6.44. The lowest BCUT2D eigenvalue weighted by Crippen LogP contribution is -2.32. The van der Waals surface area contributed by atoms with Gasteiger partial charge in [0.25, 0.3) is 0 Å². The molecule has 0 bridgehead atoms. The molecule has 0 saturated heterocycles. The number of para-hydroxylation sites is 2. The van der Waals surface area contributed by atoms with Gasteiger partial charge in [0.2, 0.25) is 0 Å². The summed E-state index contributed by atoms with van der Waals surface area (Å²) in [4.78, 5) is 34.9. The Hall–Kier alpha value is -3.68. The van der Waals surface area contributed by atoms with Crippen molar-refractivity contribution in [1.29, 1.82) is 0 Å². The van der Waals surface area contributed by atoms with Crippen LogP contribution >= 0.6 is 0 Å². The number of hydrazone groups is 1. The molecule has 134 valence electrons. The molecule has 3 N–H and O–H groups in total. The van der Waals surface area contributed by atoms with Gasteiger partial charge in [-0.05, 0) is 25.1 Å². The molecule has 0 unspecified atom stereocenters. The minimum atomic E-state index is -1.12. The number of carbonyl (C=O) groups excluding carboxylic acids is 2. The van der Waals surface area contributed by atoms with Crippen molar-refractivity contribution in [3.63, 3.8) is 0 Å². The minimum absolute atomic E-state index is 0.0283. The van der Waals surface area contributed by atoms with E-state index in [1.54, 1.807) is 43.3 Å². The van der Waals surface area contributed by atoms with E-state index in [9.17, 15) is 14.4 Å². The number of benzene rings is 2. The molecule has 0 saturated carbocycles. The van der Waals surface area contributed by atoms with Gasteiger partial charge in [0, 0.05) is 5.56 Å². The number of anilines is 1. The first kappa shape index (κ1) is 18.7. The molecular weight excluding hydrogens is 338 g/mol. The molecule has 0 fully saturated rings. The number of carbonyl (C=O) groups is 3. The topological polar surface area (TPSA) is 117 Å². The van der Waals surface area contributed by atoms with E-state index in [-0.39, 0.29) is 5.56 Å². The molecule has 26 heavy (non-hydrogen) atoms. The van der Waals surface area contributed by atoms with Crippen molar-refractivity contribution < 1.29 is 24.2 Å². The molecule has 0 radical (unpaired) electrons. The van der Waals surface area contributed by atoms with E-state index in [1.165, 1.54) is 12.1 Å². The largest absolute Gasteiger partial charge is 0.492 e. The maximum absolute atomic E-state index is 11.9. The first-order valence-electron chi connectivity index (χ1n) is 7.71. The average Bonchev–Trinajstić information content (AvgIpc) is 2.63. The number of rotatable bonds is 6. The second-order valence-corrected chi connectivity index (χ2v) is 4.97. The van der Waals surface area contributed by atoms with Crippen molar-refractivity contribution in [3.8, 4) is 5.75 Å².